The van der Waals surface area contributed by atoms with Gasteiger partial charge in [-0.2, -0.15) is 4.98 Å². The van der Waals surface area contributed by atoms with Crippen molar-refractivity contribution in [3.63, 3.8) is 0 Å². The van der Waals surface area contributed by atoms with Gasteiger partial charge in [0.1, 0.15) is 10.7 Å². The van der Waals surface area contributed by atoms with E-state index in [4.69, 9.17) is 27.9 Å². The smallest absolute Gasteiger partial charge is 0.237 e. The summed E-state index contributed by atoms with van der Waals surface area (Å²) in [5.74, 6) is 0.844. The molecule has 2 aromatic rings. The number of hydrogen-bond acceptors (Lipinski definition) is 5. The molecule has 0 aliphatic carbocycles. The lowest BCUT2D eigenvalue weighted by Gasteiger charge is -2.09. The Morgan fingerprint density at radius 3 is 2.88 bits per heavy atom. The van der Waals surface area contributed by atoms with Crippen molar-refractivity contribution in [3.05, 3.63) is 34.8 Å². The van der Waals surface area contributed by atoms with Gasteiger partial charge in [0.2, 0.25) is 11.2 Å². The highest BCUT2D eigenvalue weighted by Gasteiger charge is 2.08. The second-order valence-corrected chi connectivity index (χ2v) is 3.77. The van der Waals surface area contributed by atoms with Gasteiger partial charge in [0, 0.05) is 6.20 Å². The Morgan fingerprint density at radius 2 is 2.12 bits per heavy atom. The van der Waals surface area contributed by atoms with Gasteiger partial charge in [0.05, 0.1) is 13.3 Å². The number of ether oxygens (including phenoxy) is 1. The number of rotatable bonds is 3. The molecular weight excluding hydrogens is 263 g/mol. The molecular formula is C10H8Cl2N4O. The maximum absolute atomic E-state index is 5.93. The van der Waals surface area contributed by atoms with Crippen LogP contribution in [-0.4, -0.2) is 22.1 Å². The summed E-state index contributed by atoms with van der Waals surface area (Å²) < 4.78 is 5.09. The van der Waals surface area contributed by atoms with Crippen LogP contribution in [0.4, 0.5) is 11.5 Å². The molecule has 0 aromatic carbocycles. The van der Waals surface area contributed by atoms with Crippen molar-refractivity contribution in [2.45, 2.75) is 0 Å². The zero-order valence-corrected chi connectivity index (χ0v) is 10.3. The van der Waals surface area contributed by atoms with Gasteiger partial charge in [-0.1, -0.05) is 11.6 Å². The minimum Gasteiger partial charge on any atom is -0.480 e. The number of anilines is 2. The molecule has 2 rings (SSSR count). The minimum atomic E-state index is 0.111. The fourth-order valence-electron chi connectivity index (χ4n) is 1.21. The average molecular weight is 271 g/mol. The van der Waals surface area contributed by atoms with Gasteiger partial charge in [0.25, 0.3) is 0 Å². The molecule has 1 N–H and O–H groups in total. The third kappa shape index (κ3) is 2.75. The second-order valence-electron chi connectivity index (χ2n) is 3.02. The lowest BCUT2D eigenvalue weighted by Crippen LogP contribution is -1.99. The number of hydrogen-bond donors (Lipinski definition) is 1. The summed E-state index contributed by atoms with van der Waals surface area (Å²) in [5.41, 5.74) is 0.645. The van der Waals surface area contributed by atoms with Crippen LogP contribution in [0.15, 0.2) is 24.5 Å². The highest BCUT2D eigenvalue weighted by Crippen LogP contribution is 2.27. The number of pyridine rings is 1. The molecule has 0 fully saturated rings. The largest absolute Gasteiger partial charge is 0.480 e. The first-order valence-electron chi connectivity index (χ1n) is 4.65. The van der Waals surface area contributed by atoms with Crippen LogP contribution >= 0.6 is 23.2 Å². The van der Waals surface area contributed by atoms with Crippen molar-refractivity contribution in [1.82, 2.24) is 15.0 Å². The first-order valence-corrected chi connectivity index (χ1v) is 5.40. The van der Waals surface area contributed by atoms with E-state index in [1.54, 1.807) is 18.3 Å². The van der Waals surface area contributed by atoms with Gasteiger partial charge in [0.15, 0.2) is 5.82 Å². The summed E-state index contributed by atoms with van der Waals surface area (Å²) in [7, 11) is 1.53. The van der Waals surface area contributed by atoms with Crippen LogP contribution in [0.25, 0.3) is 0 Å². The molecule has 0 atom stereocenters. The van der Waals surface area contributed by atoms with E-state index in [1.165, 1.54) is 13.3 Å². The van der Waals surface area contributed by atoms with E-state index >= 15 is 0 Å². The molecule has 0 aliphatic heterocycles. The number of nitrogens with one attached hydrogen (secondary N) is 1. The molecule has 0 saturated heterocycles. The average Bonchev–Trinajstić information content (AvgIpc) is 2.34. The molecule has 2 heterocycles. The third-order valence-electron chi connectivity index (χ3n) is 1.93. The SMILES string of the molecule is COc1ncccc1Nc1nc(Cl)ncc1Cl. The lowest BCUT2D eigenvalue weighted by atomic mass is 10.4. The van der Waals surface area contributed by atoms with E-state index in [2.05, 4.69) is 20.3 Å². The summed E-state index contributed by atoms with van der Waals surface area (Å²) in [6.45, 7) is 0. The standard InChI is InChI=1S/C10H8Cl2N4O/c1-17-9-7(3-2-4-13-9)15-8-6(11)5-14-10(12)16-8/h2-5H,1H3,(H,14,15,16). The van der Waals surface area contributed by atoms with Crippen LogP contribution in [-0.2, 0) is 0 Å². The van der Waals surface area contributed by atoms with Crippen molar-refractivity contribution in [1.29, 1.82) is 0 Å². The highest BCUT2D eigenvalue weighted by molar-refractivity contribution is 6.33. The molecule has 0 spiro atoms. The maximum Gasteiger partial charge on any atom is 0.237 e. The zero-order valence-electron chi connectivity index (χ0n) is 8.82. The van der Waals surface area contributed by atoms with Gasteiger partial charge in [-0.25, -0.2) is 9.97 Å². The molecule has 17 heavy (non-hydrogen) atoms. The molecule has 0 saturated carbocycles. The Morgan fingerprint density at radius 1 is 1.29 bits per heavy atom. The monoisotopic (exact) mass is 270 g/mol. The normalized spacial score (nSPS) is 10.1. The van der Waals surface area contributed by atoms with Crippen LogP contribution in [0.2, 0.25) is 10.3 Å². The molecule has 7 heteroatoms. The fraction of sp³-hybridized carbons (Fsp3) is 0.100. The molecule has 0 unspecified atom stereocenters. The minimum absolute atomic E-state index is 0.111. The molecule has 0 amide bonds. The predicted octanol–water partition coefficient (Wildman–Crippen LogP) is 2.93. The summed E-state index contributed by atoms with van der Waals surface area (Å²) in [6, 6.07) is 3.56. The van der Waals surface area contributed by atoms with Crippen molar-refractivity contribution >= 4 is 34.7 Å². The van der Waals surface area contributed by atoms with E-state index in [9.17, 15) is 0 Å². The predicted molar refractivity (Wildman–Crippen MR) is 66.1 cm³/mol. The Hall–Kier alpha value is -1.59. The maximum atomic E-state index is 5.93. The van der Waals surface area contributed by atoms with Crippen molar-refractivity contribution in [3.8, 4) is 5.88 Å². The van der Waals surface area contributed by atoms with Gasteiger partial charge in [-0.15, -0.1) is 0 Å². The van der Waals surface area contributed by atoms with E-state index < -0.39 is 0 Å². The second kappa shape index (κ2) is 5.16. The summed E-state index contributed by atoms with van der Waals surface area (Å²) >= 11 is 11.6. The zero-order chi connectivity index (χ0) is 12.3. The fourth-order valence-corrected chi connectivity index (χ4v) is 1.48. The number of halogens is 2. The first-order chi connectivity index (χ1) is 8.20. The van der Waals surface area contributed by atoms with Crippen molar-refractivity contribution in [2.75, 3.05) is 12.4 Å². The van der Waals surface area contributed by atoms with Crippen LogP contribution < -0.4 is 10.1 Å². The molecule has 0 radical (unpaired) electrons. The summed E-state index contributed by atoms with van der Waals surface area (Å²) in [4.78, 5) is 11.8. The highest BCUT2D eigenvalue weighted by atomic mass is 35.5. The lowest BCUT2D eigenvalue weighted by molar-refractivity contribution is 0.400. The summed E-state index contributed by atoms with van der Waals surface area (Å²) in [6.07, 6.45) is 3.04. The Balaban J connectivity index is 2.34. The van der Waals surface area contributed by atoms with E-state index in [0.29, 0.717) is 22.4 Å². The van der Waals surface area contributed by atoms with Gasteiger partial charge < -0.3 is 10.1 Å². The van der Waals surface area contributed by atoms with Gasteiger partial charge >= 0.3 is 0 Å². The number of methoxy groups -OCH3 is 1. The van der Waals surface area contributed by atoms with E-state index in [1.807, 2.05) is 0 Å². The van der Waals surface area contributed by atoms with Crippen LogP contribution in [0.5, 0.6) is 5.88 Å². The topological polar surface area (TPSA) is 59.9 Å². The summed E-state index contributed by atoms with van der Waals surface area (Å²) in [5, 5.41) is 3.45. The third-order valence-corrected chi connectivity index (χ3v) is 2.39. The first kappa shape index (κ1) is 11.9. The number of nitrogens with zero attached hydrogens (tertiary/aromatic N) is 3. The molecule has 2 aromatic heterocycles. The van der Waals surface area contributed by atoms with Crippen LogP contribution in [0.1, 0.15) is 0 Å². The number of aromatic nitrogens is 3. The van der Waals surface area contributed by atoms with Gasteiger partial charge in [-0.05, 0) is 23.7 Å². The molecule has 5 nitrogen and oxygen atoms in total. The van der Waals surface area contributed by atoms with Crippen LogP contribution in [0.3, 0.4) is 0 Å². The molecule has 88 valence electrons. The van der Waals surface area contributed by atoms with Crippen molar-refractivity contribution in [2.24, 2.45) is 0 Å². The Kier molecular flexibility index (Phi) is 3.61. The molecule has 0 aliphatic rings. The van der Waals surface area contributed by atoms with Gasteiger partial charge in [-0.3, -0.25) is 0 Å². The molecule has 0 bridgehead atoms. The Bertz CT molecular complexity index is 535. The van der Waals surface area contributed by atoms with Crippen LogP contribution in [0, 0.1) is 0 Å². The van der Waals surface area contributed by atoms with Crippen molar-refractivity contribution < 1.29 is 4.74 Å². The van der Waals surface area contributed by atoms with E-state index in [0.717, 1.165) is 0 Å². The van der Waals surface area contributed by atoms with E-state index in [-0.39, 0.29) is 5.28 Å². The Labute approximate surface area is 108 Å². The quantitative estimate of drug-likeness (QED) is 0.869.